The average molecular weight is 307 g/mol. The fourth-order valence-corrected chi connectivity index (χ4v) is 4.29. The van der Waals surface area contributed by atoms with Crippen LogP contribution in [0.2, 0.25) is 0 Å². The number of amides is 1. The van der Waals surface area contributed by atoms with E-state index in [1.807, 2.05) is 0 Å². The van der Waals surface area contributed by atoms with E-state index in [9.17, 15) is 13.6 Å². The number of rotatable bonds is 5. The Balaban J connectivity index is 1.53. The molecule has 1 amide bonds. The predicted molar refractivity (Wildman–Crippen MR) is 81.2 cm³/mol. The minimum absolute atomic E-state index is 0.0408. The lowest BCUT2D eigenvalue weighted by atomic mass is 9.80. The fraction of sp³-hybridized carbons (Fsp3) is 0.611. The van der Waals surface area contributed by atoms with Crippen molar-refractivity contribution >= 4 is 5.91 Å². The number of benzene rings is 1. The summed E-state index contributed by atoms with van der Waals surface area (Å²) in [6.07, 6.45) is 7.87. The summed E-state index contributed by atoms with van der Waals surface area (Å²) in [7, 11) is 0. The van der Waals surface area contributed by atoms with Gasteiger partial charge in [-0.05, 0) is 62.8 Å². The maximum atomic E-state index is 13.7. The summed E-state index contributed by atoms with van der Waals surface area (Å²) in [5.74, 6) is -0.368. The van der Waals surface area contributed by atoms with Crippen molar-refractivity contribution in [3.63, 3.8) is 0 Å². The van der Waals surface area contributed by atoms with E-state index in [0.29, 0.717) is 17.4 Å². The molecule has 0 aliphatic heterocycles. The molecule has 2 saturated carbocycles. The highest BCUT2D eigenvalue weighted by molar-refractivity contribution is 5.76. The molecule has 1 aromatic rings. The summed E-state index contributed by atoms with van der Waals surface area (Å²) in [4.78, 5) is 12.1. The molecule has 2 bridgehead atoms. The second-order valence-corrected chi connectivity index (χ2v) is 7.10. The third kappa shape index (κ3) is 3.16. The Morgan fingerprint density at radius 1 is 1.36 bits per heavy atom. The van der Waals surface area contributed by atoms with Crippen LogP contribution in [0.5, 0.6) is 0 Å². The fourth-order valence-electron chi connectivity index (χ4n) is 4.29. The van der Waals surface area contributed by atoms with Crippen LogP contribution in [0.15, 0.2) is 18.2 Å². The molecule has 22 heavy (non-hydrogen) atoms. The lowest BCUT2D eigenvalue weighted by Crippen LogP contribution is -2.28. The van der Waals surface area contributed by atoms with E-state index in [0.717, 1.165) is 18.4 Å². The Morgan fingerprint density at radius 2 is 2.09 bits per heavy atom. The average Bonchev–Trinajstić information content (AvgIpc) is 3.06. The standard InChI is InChI=1S/C18H23F2NO/c1-12(15-3-2-14(19)10-16(15)20)21-17(22)6-9-18-7-4-13(11-18)5-8-18/h2-3,10,12-13H,4-9,11H2,1H3,(H,21,22). The third-order valence-corrected chi connectivity index (χ3v) is 5.58. The molecular weight excluding hydrogens is 284 g/mol. The monoisotopic (exact) mass is 307 g/mol. The molecule has 0 radical (unpaired) electrons. The van der Waals surface area contributed by atoms with Gasteiger partial charge in [0.2, 0.25) is 5.91 Å². The van der Waals surface area contributed by atoms with E-state index in [2.05, 4.69) is 5.32 Å². The number of halogens is 2. The first-order valence-corrected chi connectivity index (χ1v) is 8.22. The van der Waals surface area contributed by atoms with Gasteiger partial charge in [0.1, 0.15) is 11.6 Å². The summed E-state index contributed by atoms with van der Waals surface area (Å²) < 4.78 is 26.6. The topological polar surface area (TPSA) is 29.1 Å². The zero-order valence-corrected chi connectivity index (χ0v) is 13.0. The predicted octanol–water partition coefficient (Wildman–Crippen LogP) is 4.50. The van der Waals surface area contributed by atoms with Gasteiger partial charge in [0.05, 0.1) is 6.04 Å². The van der Waals surface area contributed by atoms with Crippen molar-refractivity contribution in [3.05, 3.63) is 35.4 Å². The summed E-state index contributed by atoms with van der Waals surface area (Å²) in [5.41, 5.74) is 0.724. The van der Waals surface area contributed by atoms with E-state index in [4.69, 9.17) is 0 Å². The van der Waals surface area contributed by atoms with Crippen molar-refractivity contribution in [3.8, 4) is 0 Å². The second-order valence-electron chi connectivity index (χ2n) is 7.10. The molecule has 0 heterocycles. The third-order valence-electron chi connectivity index (χ3n) is 5.58. The summed E-state index contributed by atoms with van der Waals surface area (Å²) in [6.45, 7) is 1.73. The van der Waals surface area contributed by atoms with Crippen molar-refractivity contribution in [1.82, 2.24) is 5.32 Å². The van der Waals surface area contributed by atoms with Crippen molar-refractivity contribution in [2.45, 2.75) is 57.9 Å². The molecule has 3 rings (SSSR count). The largest absolute Gasteiger partial charge is 0.349 e. The number of fused-ring (bicyclic) bond motifs is 2. The van der Waals surface area contributed by atoms with Crippen LogP contribution in [0.4, 0.5) is 8.78 Å². The normalized spacial score (nSPS) is 27.9. The molecule has 2 nitrogen and oxygen atoms in total. The number of hydrogen-bond acceptors (Lipinski definition) is 1. The highest BCUT2D eigenvalue weighted by atomic mass is 19.1. The van der Waals surface area contributed by atoms with Gasteiger partial charge in [-0.15, -0.1) is 0 Å². The van der Waals surface area contributed by atoms with E-state index in [-0.39, 0.29) is 5.91 Å². The number of carbonyl (C=O) groups is 1. The first kappa shape index (κ1) is 15.4. The maximum absolute atomic E-state index is 13.7. The van der Waals surface area contributed by atoms with Gasteiger partial charge in [-0.1, -0.05) is 6.07 Å². The number of nitrogens with one attached hydrogen (secondary N) is 1. The van der Waals surface area contributed by atoms with Crippen LogP contribution in [0, 0.1) is 23.0 Å². The molecule has 2 fully saturated rings. The minimum Gasteiger partial charge on any atom is -0.349 e. The Hall–Kier alpha value is -1.45. The van der Waals surface area contributed by atoms with E-state index >= 15 is 0 Å². The Morgan fingerprint density at radius 3 is 2.68 bits per heavy atom. The van der Waals surface area contributed by atoms with Crippen LogP contribution in [0.3, 0.4) is 0 Å². The first-order chi connectivity index (χ1) is 10.5. The van der Waals surface area contributed by atoms with E-state index in [1.54, 1.807) is 6.92 Å². The summed E-state index contributed by atoms with van der Waals surface area (Å²) >= 11 is 0. The minimum atomic E-state index is -0.610. The molecule has 0 aromatic heterocycles. The van der Waals surface area contributed by atoms with Crippen LogP contribution >= 0.6 is 0 Å². The highest BCUT2D eigenvalue weighted by Gasteiger charge is 2.44. The quantitative estimate of drug-likeness (QED) is 0.852. The van der Waals surface area contributed by atoms with Gasteiger partial charge < -0.3 is 5.32 Å². The Labute approximate surface area is 130 Å². The van der Waals surface area contributed by atoms with Crippen LogP contribution < -0.4 is 5.32 Å². The number of carbonyl (C=O) groups excluding carboxylic acids is 1. The molecule has 1 atom stereocenters. The van der Waals surface area contributed by atoms with Gasteiger partial charge in [0.25, 0.3) is 0 Å². The second kappa shape index (κ2) is 5.98. The molecule has 4 heteroatoms. The van der Waals surface area contributed by atoms with Crippen molar-refractivity contribution in [1.29, 1.82) is 0 Å². The zero-order valence-electron chi connectivity index (χ0n) is 13.0. The molecule has 1 N–H and O–H groups in total. The van der Waals surface area contributed by atoms with E-state index < -0.39 is 17.7 Å². The first-order valence-electron chi connectivity index (χ1n) is 8.22. The van der Waals surface area contributed by atoms with Crippen molar-refractivity contribution < 1.29 is 13.6 Å². The lowest BCUT2D eigenvalue weighted by molar-refractivity contribution is -0.122. The van der Waals surface area contributed by atoms with Crippen LogP contribution in [0.1, 0.15) is 63.5 Å². The lowest BCUT2D eigenvalue weighted by Gasteiger charge is -2.26. The molecule has 1 aromatic carbocycles. The van der Waals surface area contributed by atoms with E-state index in [1.165, 1.54) is 44.2 Å². The molecule has 120 valence electrons. The molecular formula is C18H23F2NO. The van der Waals surface area contributed by atoms with Gasteiger partial charge in [0.15, 0.2) is 0 Å². The molecule has 0 spiro atoms. The molecule has 2 aliphatic carbocycles. The van der Waals surface area contributed by atoms with Gasteiger partial charge in [-0.3, -0.25) is 4.79 Å². The van der Waals surface area contributed by atoms with Crippen molar-refractivity contribution in [2.75, 3.05) is 0 Å². The van der Waals surface area contributed by atoms with Crippen LogP contribution in [-0.2, 0) is 4.79 Å². The van der Waals surface area contributed by atoms with Gasteiger partial charge in [-0.25, -0.2) is 8.78 Å². The van der Waals surface area contributed by atoms with Crippen LogP contribution in [-0.4, -0.2) is 5.91 Å². The van der Waals surface area contributed by atoms with Gasteiger partial charge in [-0.2, -0.15) is 0 Å². The Bertz CT molecular complexity index is 564. The molecule has 2 aliphatic rings. The molecule has 0 saturated heterocycles. The SMILES string of the molecule is CC(NC(=O)CCC12CCC(CC1)C2)c1ccc(F)cc1F. The highest BCUT2D eigenvalue weighted by Crippen LogP contribution is 2.56. The maximum Gasteiger partial charge on any atom is 0.220 e. The van der Waals surface area contributed by atoms with Crippen molar-refractivity contribution in [2.24, 2.45) is 11.3 Å². The van der Waals surface area contributed by atoms with Gasteiger partial charge >= 0.3 is 0 Å². The zero-order chi connectivity index (χ0) is 15.7. The molecule has 1 unspecified atom stereocenters. The van der Waals surface area contributed by atoms with Crippen LogP contribution in [0.25, 0.3) is 0 Å². The summed E-state index contributed by atoms with van der Waals surface area (Å²) in [5, 5.41) is 2.83. The Kier molecular flexibility index (Phi) is 4.20. The smallest absolute Gasteiger partial charge is 0.220 e. The summed E-state index contributed by atoms with van der Waals surface area (Å²) in [6, 6.07) is 3.03. The number of hydrogen-bond donors (Lipinski definition) is 1. The van der Waals surface area contributed by atoms with Gasteiger partial charge in [0, 0.05) is 18.1 Å².